The molecule has 0 saturated heterocycles. The zero-order valence-electron chi connectivity index (χ0n) is 17.5. The summed E-state index contributed by atoms with van der Waals surface area (Å²) in [6.45, 7) is 5.56. The van der Waals surface area contributed by atoms with Gasteiger partial charge in [-0.1, -0.05) is 30.1 Å². The van der Waals surface area contributed by atoms with Gasteiger partial charge in [0.15, 0.2) is 16.8 Å². The molecule has 10 heteroatoms. The summed E-state index contributed by atoms with van der Waals surface area (Å²) in [5, 5.41) is 0.120. The smallest absolute Gasteiger partial charge is 0.247 e. The molecule has 0 amide bonds. The molecule has 0 aliphatic rings. The van der Waals surface area contributed by atoms with Crippen molar-refractivity contribution in [1.82, 2.24) is 19.4 Å². The highest BCUT2D eigenvalue weighted by atomic mass is 35.5. The van der Waals surface area contributed by atoms with E-state index in [1.165, 1.54) is 24.4 Å². The molecule has 3 aromatic heterocycles. The molecule has 1 unspecified atom stereocenters. The van der Waals surface area contributed by atoms with Crippen LogP contribution < -0.4 is 16.0 Å². The molecule has 1 aromatic carbocycles. The molecule has 0 spiro atoms. The predicted octanol–water partition coefficient (Wildman–Crippen LogP) is 5.05. The third-order valence-corrected chi connectivity index (χ3v) is 5.59. The SMILES string of the molecule is CC(C)Oc1c(C(C)c2nc(Cl)c3c(N)nccn23)cc(Cl)c(F)c1-c1ccc(=O)[nH]c1. The molecule has 0 bridgehead atoms. The van der Waals surface area contributed by atoms with E-state index in [4.69, 9.17) is 33.7 Å². The molecule has 4 aromatic rings. The lowest BCUT2D eigenvalue weighted by Crippen LogP contribution is -2.13. The number of rotatable bonds is 5. The van der Waals surface area contributed by atoms with Crippen LogP contribution in [0.2, 0.25) is 10.2 Å². The number of nitrogens with two attached hydrogens (primary N) is 1. The van der Waals surface area contributed by atoms with Gasteiger partial charge in [0.2, 0.25) is 5.56 Å². The summed E-state index contributed by atoms with van der Waals surface area (Å²) in [6.07, 6.45) is 4.41. The first-order valence-electron chi connectivity index (χ1n) is 9.84. The monoisotopic (exact) mass is 475 g/mol. The summed E-state index contributed by atoms with van der Waals surface area (Å²) in [4.78, 5) is 22.6. The number of aromatic nitrogens is 4. The average Bonchev–Trinajstić information content (AvgIpc) is 3.09. The van der Waals surface area contributed by atoms with Crippen LogP contribution >= 0.6 is 23.2 Å². The molecule has 166 valence electrons. The Morgan fingerprint density at radius 2 is 2.00 bits per heavy atom. The lowest BCUT2D eigenvalue weighted by atomic mass is 9.93. The minimum absolute atomic E-state index is 0.0858. The van der Waals surface area contributed by atoms with Gasteiger partial charge in [-0.25, -0.2) is 14.4 Å². The number of nitrogens with one attached hydrogen (secondary N) is 1. The summed E-state index contributed by atoms with van der Waals surface area (Å²) < 4.78 is 23.1. The molecule has 0 saturated carbocycles. The van der Waals surface area contributed by atoms with Gasteiger partial charge >= 0.3 is 0 Å². The van der Waals surface area contributed by atoms with Crippen molar-refractivity contribution in [2.45, 2.75) is 32.8 Å². The number of hydrogen-bond donors (Lipinski definition) is 2. The number of nitrogen functional groups attached to an aromatic ring is 1. The fraction of sp³-hybridized carbons (Fsp3) is 0.227. The number of hydrogen-bond acceptors (Lipinski definition) is 5. The lowest BCUT2D eigenvalue weighted by molar-refractivity contribution is 0.239. The van der Waals surface area contributed by atoms with E-state index in [0.717, 1.165) is 0 Å². The Balaban J connectivity index is 1.99. The lowest BCUT2D eigenvalue weighted by Gasteiger charge is -2.23. The van der Waals surface area contributed by atoms with Crippen molar-refractivity contribution in [2.75, 3.05) is 5.73 Å². The molecule has 3 heterocycles. The third-order valence-electron chi connectivity index (χ3n) is 5.05. The van der Waals surface area contributed by atoms with E-state index < -0.39 is 11.7 Å². The maximum atomic E-state index is 15.3. The number of anilines is 1. The van der Waals surface area contributed by atoms with Crippen LogP contribution in [0.5, 0.6) is 5.75 Å². The highest BCUT2D eigenvalue weighted by Crippen LogP contribution is 2.44. The molecule has 0 fully saturated rings. The maximum Gasteiger partial charge on any atom is 0.247 e. The largest absolute Gasteiger partial charge is 0.490 e. The number of aromatic amines is 1. The molecule has 1 atom stereocenters. The van der Waals surface area contributed by atoms with Crippen molar-refractivity contribution in [3.05, 3.63) is 74.5 Å². The Labute approximate surface area is 193 Å². The van der Waals surface area contributed by atoms with Gasteiger partial charge in [0, 0.05) is 41.7 Å². The molecule has 0 aliphatic carbocycles. The van der Waals surface area contributed by atoms with E-state index in [1.54, 1.807) is 16.8 Å². The number of nitrogens with zero attached hydrogens (tertiary/aromatic N) is 3. The van der Waals surface area contributed by atoms with E-state index >= 15 is 4.39 Å². The number of pyridine rings is 1. The van der Waals surface area contributed by atoms with Crippen LogP contribution in [0.4, 0.5) is 10.2 Å². The molecular weight excluding hydrogens is 456 g/mol. The van der Waals surface area contributed by atoms with Gasteiger partial charge in [0.25, 0.3) is 0 Å². The van der Waals surface area contributed by atoms with Crippen LogP contribution in [0.25, 0.3) is 16.6 Å². The maximum absolute atomic E-state index is 15.3. The Kier molecular flexibility index (Phi) is 5.83. The standard InChI is InChI=1S/C22H20Cl2FN5O2/c1-10(2)32-19-13(8-14(23)17(25)16(19)12-4-5-15(31)28-9-12)11(3)22-29-20(24)18-21(26)27-6-7-30(18)22/h4-11H,1-3H3,(H2,26,27)(H,28,31). The van der Waals surface area contributed by atoms with Crippen molar-refractivity contribution >= 4 is 34.5 Å². The van der Waals surface area contributed by atoms with Gasteiger partial charge in [0.1, 0.15) is 17.1 Å². The van der Waals surface area contributed by atoms with Crippen LogP contribution in [0, 0.1) is 5.82 Å². The molecule has 3 N–H and O–H groups in total. The van der Waals surface area contributed by atoms with Gasteiger partial charge in [-0.15, -0.1) is 0 Å². The van der Waals surface area contributed by atoms with Crippen LogP contribution in [0.3, 0.4) is 0 Å². The third kappa shape index (κ3) is 3.80. The topological polar surface area (TPSA) is 98.3 Å². The second-order valence-electron chi connectivity index (χ2n) is 7.59. The first-order valence-corrected chi connectivity index (χ1v) is 10.6. The molecule has 4 rings (SSSR count). The second kappa shape index (κ2) is 8.44. The van der Waals surface area contributed by atoms with E-state index in [-0.39, 0.29) is 33.2 Å². The van der Waals surface area contributed by atoms with Gasteiger partial charge in [-0.2, -0.15) is 0 Å². The number of benzene rings is 1. The normalized spacial score (nSPS) is 12.5. The number of fused-ring (bicyclic) bond motifs is 1. The minimum atomic E-state index is -0.648. The Morgan fingerprint density at radius 3 is 2.66 bits per heavy atom. The number of ether oxygens (including phenoxy) is 1. The first-order chi connectivity index (χ1) is 15.2. The Morgan fingerprint density at radius 1 is 1.25 bits per heavy atom. The first kappa shape index (κ1) is 22.1. The summed E-state index contributed by atoms with van der Waals surface area (Å²) >= 11 is 12.6. The zero-order valence-corrected chi connectivity index (χ0v) is 19.0. The van der Waals surface area contributed by atoms with E-state index in [0.29, 0.717) is 28.2 Å². The molecular formula is C22H20Cl2FN5O2. The zero-order chi connectivity index (χ0) is 23.2. The molecule has 0 radical (unpaired) electrons. The van der Waals surface area contributed by atoms with Crippen molar-refractivity contribution < 1.29 is 9.13 Å². The second-order valence-corrected chi connectivity index (χ2v) is 8.35. The predicted molar refractivity (Wildman–Crippen MR) is 123 cm³/mol. The average molecular weight is 476 g/mol. The highest BCUT2D eigenvalue weighted by Gasteiger charge is 2.28. The van der Waals surface area contributed by atoms with Crippen molar-refractivity contribution in [3.8, 4) is 16.9 Å². The van der Waals surface area contributed by atoms with Gasteiger partial charge in [-0.3, -0.25) is 9.20 Å². The Hall–Kier alpha value is -3.10. The fourth-order valence-corrected chi connectivity index (χ4v) is 4.11. The van der Waals surface area contributed by atoms with Crippen molar-refractivity contribution in [1.29, 1.82) is 0 Å². The molecule has 7 nitrogen and oxygen atoms in total. The van der Waals surface area contributed by atoms with Gasteiger partial charge < -0.3 is 15.5 Å². The summed E-state index contributed by atoms with van der Waals surface area (Å²) in [5.74, 6) is 0.0438. The summed E-state index contributed by atoms with van der Waals surface area (Å²) in [6, 6.07) is 4.35. The summed E-state index contributed by atoms with van der Waals surface area (Å²) in [7, 11) is 0. The van der Waals surface area contributed by atoms with Crippen LogP contribution in [0.1, 0.15) is 38.1 Å². The van der Waals surface area contributed by atoms with Gasteiger partial charge in [0.05, 0.1) is 16.7 Å². The van der Waals surface area contributed by atoms with E-state index in [1.807, 2.05) is 20.8 Å². The number of imidazole rings is 1. The van der Waals surface area contributed by atoms with Crippen LogP contribution in [-0.4, -0.2) is 25.5 Å². The minimum Gasteiger partial charge on any atom is -0.490 e. The summed E-state index contributed by atoms with van der Waals surface area (Å²) in [5.41, 5.74) is 7.34. The van der Waals surface area contributed by atoms with Crippen molar-refractivity contribution in [3.63, 3.8) is 0 Å². The molecule has 0 aliphatic heterocycles. The van der Waals surface area contributed by atoms with Crippen molar-refractivity contribution in [2.24, 2.45) is 0 Å². The number of H-pyrrole nitrogens is 1. The fourth-order valence-electron chi connectivity index (χ4n) is 3.62. The number of halogens is 3. The van der Waals surface area contributed by atoms with E-state index in [2.05, 4.69) is 15.0 Å². The van der Waals surface area contributed by atoms with Crippen LogP contribution in [-0.2, 0) is 0 Å². The van der Waals surface area contributed by atoms with E-state index in [9.17, 15) is 4.79 Å². The van der Waals surface area contributed by atoms with Gasteiger partial charge in [-0.05, 0) is 26.0 Å². The Bertz CT molecular complexity index is 1360. The highest BCUT2D eigenvalue weighted by molar-refractivity contribution is 6.33. The molecule has 32 heavy (non-hydrogen) atoms. The van der Waals surface area contributed by atoms with Crippen LogP contribution in [0.15, 0.2) is 41.6 Å². The quantitative estimate of drug-likeness (QED) is 0.420.